The maximum atomic E-state index is 13.3. The number of fused-ring (bicyclic) bond motifs is 1. The SMILES string of the molecule is CC(C)Cn1c(=O)c(=O)[nH]c2cc(-c3noc(Cc4cccc(F)c4)n3)ccc21. The number of rotatable bonds is 5. The molecule has 0 saturated carbocycles. The molecule has 0 spiro atoms. The molecule has 2 heterocycles. The quantitative estimate of drug-likeness (QED) is 0.525. The van der Waals surface area contributed by atoms with Crippen LogP contribution in [-0.2, 0) is 13.0 Å². The van der Waals surface area contributed by atoms with Gasteiger partial charge in [0.15, 0.2) is 0 Å². The second-order valence-electron chi connectivity index (χ2n) is 7.31. The number of H-pyrrole nitrogens is 1. The number of aromatic amines is 1. The van der Waals surface area contributed by atoms with Crippen molar-refractivity contribution in [1.29, 1.82) is 0 Å². The fraction of sp³-hybridized carbons (Fsp3) is 0.238. The maximum absolute atomic E-state index is 13.3. The van der Waals surface area contributed by atoms with Crippen LogP contribution in [-0.4, -0.2) is 19.7 Å². The zero-order valence-corrected chi connectivity index (χ0v) is 16.0. The van der Waals surface area contributed by atoms with Gasteiger partial charge in [-0.25, -0.2) is 4.39 Å². The summed E-state index contributed by atoms with van der Waals surface area (Å²) in [5.74, 6) is 0.581. The molecule has 0 atom stereocenters. The smallest absolute Gasteiger partial charge is 0.316 e. The summed E-state index contributed by atoms with van der Waals surface area (Å²) in [6.45, 7) is 4.40. The van der Waals surface area contributed by atoms with E-state index in [0.29, 0.717) is 41.3 Å². The van der Waals surface area contributed by atoms with Crippen molar-refractivity contribution in [3.05, 3.63) is 80.4 Å². The summed E-state index contributed by atoms with van der Waals surface area (Å²) >= 11 is 0. The fourth-order valence-corrected chi connectivity index (χ4v) is 3.23. The molecule has 0 aliphatic carbocycles. The molecule has 1 N–H and O–H groups in total. The first-order valence-corrected chi connectivity index (χ1v) is 9.25. The molecular weight excluding hydrogens is 375 g/mol. The fourth-order valence-electron chi connectivity index (χ4n) is 3.23. The van der Waals surface area contributed by atoms with Crippen molar-refractivity contribution in [2.45, 2.75) is 26.8 Å². The van der Waals surface area contributed by atoms with Crippen LogP contribution in [0.1, 0.15) is 25.3 Å². The number of nitrogens with one attached hydrogen (secondary N) is 1. The van der Waals surface area contributed by atoms with Crippen molar-refractivity contribution < 1.29 is 8.91 Å². The predicted octanol–water partition coefficient (Wildman–Crippen LogP) is 3.13. The molecule has 4 rings (SSSR count). The molecule has 0 aliphatic heterocycles. The van der Waals surface area contributed by atoms with E-state index in [4.69, 9.17) is 4.52 Å². The molecule has 0 bridgehead atoms. The van der Waals surface area contributed by atoms with Gasteiger partial charge in [0.2, 0.25) is 11.7 Å². The monoisotopic (exact) mass is 394 g/mol. The van der Waals surface area contributed by atoms with Gasteiger partial charge in [0, 0.05) is 12.1 Å². The lowest BCUT2D eigenvalue weighted by Crippen LogP contribution is -2.37. The number of halogens is 1. The van der Waals surface area contributed by atoms with Gasteiger partial charge in [-0.15, -0.1) is 0 Å². The minimum Gasteiger partial charge on any atom is -0.339 e. The highest BCUT2D eigenvalue weighted by atomic mass is 19.1. The average Bonchev–Trinajstić information content (AvgIpc) is 3.13. The highest BCUT2D eigenvalue weighted by Gasteiger charge is 2.13. The van der Waals surface area contributed by atoms with Crippen molar-refractivity contribution in [2.24, 2.45) is 5.92 Å². The third kappa shape index (κ3) is 3.87. The molecule has 0 aliphatic rings. The van der Waals surface area contributed by atoms with Gasteiger partial charge in [-0.05, 0) is 41.8 Å². The van der Waals surface area contributed by atoms with Crippen LogP contribution in [0, 0.1) is 11.7 Å². The number of benzene rings is 2. The molecular formula is C21H19FN4O3. The molecule has 148 valence electrons. The highest BCUT2D eigenvalue weighted by molar-refractivity contribution is 5.80. The van der Waals surface area contributed by atoms with Crippen LogP contribution in [0.5, 0.6) is 0 Å². The number of nitrogens with zero attached hydrogens (tertiary/aromatic N) is 3. The first kappa shape index (κ1) is 18.8. The Bertz CT molecular complexity index is 1300. The standard InChI is InChI=1S/C21H19FN4O3/c1-12(2)11-26-17-7-6-14(10-16(17)23-20(27)21(26)28)19-24-18(29-25-19)9-13-4-3-5-15(22)8-13/h3-8,10,12H,9,11H2,1-2H3,(H,23,27). The summed E-state index contributed by atoms with van der Waals surface area (Å²) in [5, 5.41) is 3.98. The predicted molar refractivity (Wildman–Crippen MR) is 106 cm³/mol. The number of aromatic nitrogens is 4. The lowest BCUT2D eigenvalue weighted by atomic mass is 10.1. The minimum atomic E-state index is -0.671. The minimum absolute atomic E-state index is 0.208. The van der Waals surface area contributed by atoms with Crippen LogP contribution < -0.4 is 11.1 Å². The lowest BCUT2D eigenvalue weighted by Gasteiger charge is -2.12. The molecule has 2 aromatic heterocycles. The van der Waals surface area contributed by atoms with Crippen molar-refractivity contribution in [3.63, 3.8) is 0 Å². The summed E-state index contributed by atoms with van der Waals surface area (Å²) in [6, 6.07) is 11.4. The lowest BCUT2D eigenvalue weighted by molar-refractivity contribution is 0.385. The number of hydrogen-bond acceptors (Lipinski definition) is 5. The van der Waals surface area contributed by atoms with E-state index in [1.54, 1.807) is 30.3 Å². The van der Waals surface area contributed by atoms with E-state index in [0.717, 1.165) is 5.56 Å². The molecule has 29 heavy (non-hydrogen) atoms. The zero-order valence-electron chi connectivity index (χ0n) is 16.0. The van der Waals surface area contributed by atoms with E-state index < -0.39 is 11.1 Å². The van der Waals surface area contributed by atoms with Gasteiger partial charge in [0.25, 0.3) is 0 Å². The largest absolute Gasteiger partial charge is 0.339 e. The molecule has 0 saturated heterocycles. The molecule has 0 fully saturated rings. The summed E-state index contributed by atoms with van der Waals surface area (Å²) in [4.78, 5) is 31.3. The van der Waals surface area contributed by atoms with Crippen LogP contribution in [0.4, 0.5) is 4.39 Å². The molecule has 7 nitrogen and oxygen atoms in total. The second-order valence-corrected chi connectivity index (χ2v) is 7.31. The summed E-state index contributed by atoms with van der Waals surface area (Å²) in [7, 11) is 0. The Balaban J connectivity index is 1.70. The first-order chi connectivity index (χ1) is 13.9. The van der Waals surface area contributed by atoms with E-state index in [-0.39, 0.29) is 11.7 Å². The van der Waals surface area contributed by atoms with Gasteiger partial charge >= 0.3 is 11.1 Å². The number of hydrogen-bond donors (Lipinski definition) is 1. The molecule has 0 amide bonds. The van der Waals surface area contributed by atoms with E-state index in [2.05, 4.69) is 15.1 Å². The van der Waals surface area contributed by atoms with E-state index >= 15 is 0 Å². The summed E-state index contributed by atoms with van der Waals surface area (Å²) < 4.78 is 20.1. The Morgan fingerprint density at radius 2 is 2.00 bits per heavy atom. The van der Waals surface area contributed by atoms with Crippen LogP contribution in [0.25, 0.3) is 22.4 Å². The molecule has 2 aromatic carbocycles. The Hall–Kier alpha value is -3.55. The molecule has 0 unspecified atom stereocenters. The van der Waals surface area contributed by atoms with Gasteiger partial charge in [0.1, 0.15) is 5.82 Å². The Morgan fingerprint density at radius 3 is 2.76 bits per heavy atom. The van der Waals surface area contributed by atoms with Crippen LogP contribution >= 0.6 is 0 Å². The zero-order chi connectivity index (χ0) is 20.5. The summed E-state index contributed by atoms with van der Waals surface area (Å²) in [6.07, 6.45) is 0.309. The Labute approximate surface area is 164 Å². The second kappa shape index (κ2) is 7.46. The van der Waals surface area contributed by atoms with Gasteiger partial charge < -0.3 is 14.1 Å². The van der Waals surface area contributed by atoms with E-state index in [9.17, 15) is 14.0 Å². The van der Waals surface area contributed by atoms with E-state index in [1.165, 1.54) is 16.7 Å². The third-order valence-corrected chi connectivity index (χ3v) is 4.49. The Morgan fingerprint density at radius 1 is 1.17 bits per heavy atom. The van der Waals surface area contributed by atoms with Crippen molar-refractivity contribution >= 4 is 11.0 Å². The van der Waals surface area contributed by atoms with Crippen LogP contribution in [0.15, 0.2) is 56.6 Å². The van der Waals surface area contributed by atoms with Crippen LogP contribution in [0.3, 0.4) is 0 Å². The van der Waals surface area contributed by atoms with Gasteiger partial charge in [0.05, 0.1) is 17.5 Å². The Kier molecular flexibility index (Phi) is 4.84. The summed E-state index contributed by atoms with van der Waals surface area (Å²) in [5.41, 5.74) is 1.27. The molecule has 8 heteroatoms. The first-order valence-electron chi connectivity index (χ1n) is 9.25. The van der Waals surface area contributed by atoms with Crippen molar-refractivity contribution in [3.8, 4) is 11.4 Å². The van der Waals surface area contributed by atoms with E-state index in [1.807, 2.05) is 13.8 Å². The highest BCUT2D eigenvalue weighted by Crippen LogP contribution is 2.21. The van der Waals surface area contributed by atoms with Gasteiger partial charge in [-0.3, -0.25) is 9.59 Å². The van der Waals surface area contributed by atoms with Gasteiger partial charge in [-0.1, -0.05) is 31.1 Å². The normalized spacial score (nSPS) is 11.4. The van der Waals surface area contributed by atoms with Crippen molar-refractivity contribution in [2.75, 3.05) is 0 Å². The topological polar surface area (TPSA) is 93.8 Å². The van der Waals surface area contributed by atoms with Gasteiger partial charge in [-0.2, -0.15) is 4.98 Å². The third-order valence-electron chi connectivity index (χ3n) is 4.49. The van der Waals surface area contributed by atoms with Crippen LogP contribution in [0.2, 0.25) is 0 Å². The maximum Gasteiger partial charge on any atom is 0.316 e. The van der Waals surface area contributed by atoms with Crippen molar-refractivity contribution in [1.82, 2.24) is 19.7 Å². The molecule has 4 aromatic rings. The average molecular weight is 394 g/mol. The molecule has 0 radical (unpaired) electrons.